The molecule has 1 aromatic carbocycles. The van der Waals surface area contributed by atoms with Gasteiger partial charge in [0, 0.05) is 19.1 Å². The molecule has 1 fully saturated rings. The summed E-state index contributed by atoms with van der Waals surface area (Å²) in [6, 6.07) is 6.07. The fraction of sp³-hybridized carbons (Fsp3) is 0.600. The van der Waals surface area contributed by atoms with Crippen LogP contribution >= 0.6 is 0 Å². The van der Waals surface area contributed by atoms with E-state index < -0.39 is 6.36 Å². The van der Waals surface area contributed by atoms with Gasteiger partial charge >= 0.3 is 6.36 Å². The minimum atomic E-state index is -4.67. The van der Waals surface area contributed by atoms with Crippen LogP contribution in [-0.2, 0) is 0 Å². The first kappa shape index (κ1) is 16.1. The maximum atomic E-state index is 12.3. The Labute approximate surface area is 122 Å². The molecule has 1 heterocycles. The van der Waals surface area contributed by atoms with E-state index in [4.69, 9.17) is 5.73 Å². The molecule has 0 aliphatic carbocycles. The van der Waals surface area contributed by atoms with E-state index in [1.54, 1.807) is 12.1 Å². The van der Waals surface area contributed by atoms with Crippen LogP contribution in [0.3, 0.4) is 0 Å². The predicted octanol–water partition coefficient (Wildman–Crippen LogP) is 3.32. The van der Waals surface area contributed by atoms with Crippen molar-refractivity contribution < 1.29 is 17.9 Å². The van der Waals surface area contributed by atoms with Crippen molar-refractivity contribution >= 4 is 0 Å². The van der Waals surface area contributed by atoms with Crippen molar-refractivity contribution in [3.63, 3.8) is 0 Å². The van der Waals surface area contributed by atoms with Gasteiger partial charge in [-0.15, -0.1) is 13.2 Å². The number of likely N-dealkylation sites (tertiary alicyclic amines) is 1. The van der Waals surface area contributed by atoms with Crippen LogP contribution in [0.1, 0.15) is 31.4 Å². The van der Waals surface area contributed by atoms with Crippen LogP contribution in [0.4, 0.5) is 13.2 Å². The molecule has 1 aliphatic rings. The molecule has 6 heteroatoms. The molecule has 118 valence electrons. The van der Waals surface area contributed by atoms with E-state index in [1.165, 1.54) is 12.1 Å². The molecule has 1 aromatic rings. The minimum Gasteiger partial charge on any atom is -0.406 e. The van der Waals surface area contributed by atoms with E-state index in [0.29, 0.717) is 12.5 Å². The zero-order valence-electron chi connectivity index (χ0n) is 12.1. The van der Waals surface area contributed by atoms with Crippen LogP contribution < -0.4 is 10.5 Å². The highest BCUT2D eigenvalue weighted by atomic mass is 19.4. The minimum absolute atomic E-state index is 0.0571. The second-order valence-corrected chi connectivity index (χ2v) is 5.43. The number of nitrogens with zero attached hydrogens (tertiary/aromatic N) is 1. The molecular formula is C15H21F3N2O. The van der Waals surface area contributed by atoms with Gasteiger partial charge in [0.25, 0.3) is 0 Å². The smallest absolute Gasteiger partial charge is 0.406 e. The number of benzene rings is 1. The highest BCUT2D eigenvalue weighted by Crippen LogP contribution is 2.31. The van der Waals surface area contributed by atoms with Gasteiger partial charge in [-0.05, 0) is 36.6 Å². The second-order valence-electron chi connectivity index (χ2n) is 5.43. The molecule has 0 bridgehead atoms. The van der Waals surface area contributed by atoms with Gasteiger partial charge in [-0.25, -0.2) is 0 Å². The largest absolute Gasteiger partial charge is 0.573 e. The molecule has 2 atom stereocenters. The lowest BCUT2D eigenvalue weighted by Gasteiger charge is -2.27. The van der Waals surface area contributed by atoms with Crippen LogP contribution in [0.2, 0.25) is 0 Å². The number of nitrogens with two attached hydrogens (primary N) is 1. The van der Waals surface area contributed by atoms with Gasteiger partial charge in [0.15, 0.2) is 0 Å². The molecule has 0 saturated carbocycles. The molecule has 0 radical (unpaired) electrons. The molecule has 21 heavy (non-hydrogen) atoms. The fourth-order valence-corrected chi connectivity index (χ4v) is 2.89. The standard InChI is InChI=1S/C15H21F3N2O/c1-2-11-6-7-20(10-11)14(9-19)12-4-3-5-13(8-12)21-15(16,17)18/h3-5,8,11,14H,2,6-7,9-10,19H2,1H3. The topological polar surface area (TPSA) is 38.5 Å². The summed E-state index contributed by atoms with van der Waals surface area (Å²) in [5.74, 6) is 0.457. The van der Waals surface area contributed by atoms with E-state index in [1.807, 2.05) is 0 Å². The molecule has 2 rings (SSSR count). The fourth-order valence-electron chi connectivity index (χ4n) is 2.89. The summed E-state index contributed by atoms with van der Waals surface area (Å²) in [4.78, 5) is 2.25. The van der Waals surface area contributed by atoms with Crippen molar-refractivity contribution in [1.82, 2.24) is 4.90 Å². The van der Waals surface area contributed by atoms with Crippen LogP contribution in [0.15, 0.2) is 24.3 Å². The maximum absolute atomic E-state index is 12.3. The van der Waals surface area contributed by atoms with Gasteiger partial charge in [0.05, 0.1) is 0 Å². The van der Waals surface area contributed by atoms with E-state index >= 15 is 0 Å². The van der Waals surface area contributed by atoms with Gasteiger partial charge in [0.2, 0.25) is 0 Å². The Morgan fingerprint density at radius 3 is 2.76 bits per heavy atom. The highest BCUT2D eigenvalue weighted by molar-refractivity contribution is 5.31. The Morgan fingerprint density at radius 2 is 2.19 bits per heavy atom. The predicted molar refractivity (Wildman–Crippen MR) is 74.9 cm³/mol. The third-order valence-corrected chi connectivity index (χ3v) is 4.04. The van der Waals surface area contributed by atoms with E-state index in [9.17, 15) is 13.2 Å². The van der Waals surface area contributed by atoms with Gasteiger partial charge in [-0.1, -0.05) is 25.5 Å². The van der Waals surface area contributed by atoms with Gasteiger partial charge in [-0.3, -0.25) is 4.90 Å². The first-order valence-electron chi connectivity index (χ1n) is 7.22. The first-order chi connectivity index (χ1) is 9.93. The Hall–Kier alpha value is -1.27. The van der Waals surface area contributed by atoms with Gasteiger partial charge in [0.1, 0.15) is 5.75 Å². The zero-order chi connectivity index (χ0) is 15.5. The Balaban J connectivity index is 2.13. The maximum Gasteiger partial charge on any atom is 0.573 e. The van der Waals surface area contributed by atoms with Gasteiger partial charge < -0.3 is 10.5 Å². The lowest BCUT2D eigenvalue weighted by molar-refractivity contribution is -0.274. The Bertz CT molecular complexity index is 464. The second kappa shape index (κ2) is 6.66. The quantitative estimate of drug-likeness (QED) is 0.907. The van der Waals surface area contributed by atoms with E-state index in [-0.39, 0.29) is 11.8 Å². The average molecular weight is 302 g/mol. The number of hydrogen-bond donors (Lipinski definition) is 1. The summed E-state index contributed by atoms with van der Waals surface area (Å²) in [5.41, 5.74) is 6.62. The molecule has 0 aromatic heterocycles. The molecule has 1 aliphatic heterocycles. The Kier molecular flexibility index (Phi) is 5.11. The molecule has 1 saturated heterocycles. The lowest BCUT2D eigenvalue weighted by atomic mass is 10.0. The summed E-state index contributed by atoms with van der Waals surface area (Å²) >= 11 is 0. The lowest BCUT2D eigenvalue weighted by Crippen LogP contribution is -2.32. The first-order valence-corrected chi connectivity index (χ1v) is 7.22. The van der Waals surface area contributed by atoms with Crippen molar-refractivity contribution in [2.24, 2.45) is 11.7 Å². The SMILES string of the molecule is CCC1CCN(C(CN)c2cccc(OC(F)(F)F)c2)C1. The molecule has 2 N–H and O–H groups in total. The van der Waals surface area contributed by atoms with Crippen molar-refractivity contribution in [1.29, 1.82) is 0 Å². The molecule has 3 nitrogen and oxygen atoms in total. The van der Waals surface area contributed by atoms with Crippen LogP contribution in [-0.4, -0.2) is 30.9 Å². The van der Waals surface area contributed by atoms with Crippen molar-refractivity contribution in [2.45, 2.75) is 32.2 Å². The number of hydrogen-bond acceptors (Lipinski definition) is 3. The number of alkyl halides is 3. The molecule has 0 spiro atoms. The Morgan fingerprint density at radius 1 is 1.43 bits per heavy atom. The molecule has 0 amide bonds. The summed E-state index contributed by atoms with van der Waals surface area (Å²) in [7, 11) is 0. The zero-order valence-corrected chi connectivity index (χ0v) is 12.1. The van der Waals surface area contributed by atoms with E-state index in [2.05, 4.69) is 16.6 Å². The third kappa shape index (κ3) is 4.35. The van der Waals surface area contributed by atoms with Crippen molar-refractivity contribution in [2.75, 3.05) is 19.6 Å². The molecular weight excluding hydrogens is 281 g/mol. The van der Waals surface area contributed by atoms with Crippen LogP contribution in [0, 0.1) is 5.92 Å². The monoisotopic (exact) mass is 302 g/mol. The summed E-state index contributed by atoms with van der Waals surface area (Å²) in [6.45, 7) is 4.42. The van der Waals surface area contributed by atoms with Crippen molar-refractivity contribution in [3.8, 4) is 5.75 Å². The highest BCUT2D eigenvalue weighted by Gasteiger charge is 2.32. The van der Waals surface area contributed by atoms with E-state index in [0.717, 1.165) is 31.5 Å². The van der Waals surface area contributed by atoms with Crippen LogP contribution in [0.25, 0.3) is 0 Å². The summed E-state index contributed by atoms with van der Waals surface area (Å²) in [5, 5.41) is 0. The number of halogens is 3. The third-order valence-electron chi connectivity index (χ3n) is 4.04. The van der Waals surface area contributed by atoms with Crippen LogP contribution in [0.5, 0.6) is 5.75 Å². The molecule has 2 unspecified atom stereocenters. The summed E-state index contributed by atoms with van der Waals surface area (Å²) in [6.07, 6.45) is -2.44. The normalized spacial score (nSPS) is 21.5. The van der Waals surface area contributed by atoms with Crippen molar-refractivity contribution in [3.05, 3.63) is 29.8 Å². The number of ether oxygens (including phenoxy) is 1. The van der Waals surface area contributed by atoms with Gasteiger partial charge in [-0.2, -0.15) is 0 Å². The summed E-state index contributed by atoms with van der Waals surface area (Å²) < 4.78 is 40.9. The average Bonchev–Trinajstić information content (AvgIpc) is 2.87. The number of rotatable bonds is 5.